The lowest BCUT2D eigenvalue weighted by molar-refractivity contribution is 0.558. The molecule has 0 amide bonds. The van der Waals surface area contributed by atoms with E-state index in [9.17, 15) is 4.39 Å². The van der Waals surface area contributed by atoms with Crippen LogP contribution in [0.2, 0.25) is 0 Å². The highest BCUT2D eigenvalue weighted by Gasteiger charge is 2.30. The molecule has 0 spiro atoms. The van der Waals surface area contributed by atoms with Crippen LogP contribution in [0.1, 0.15) is 45.6 Å². The monoisotopic (exact) mass is 278 g/mol. The average Bonchev–Trinajstić information content (AvgIpc) is 3.22. The number of halogens is 1. The van der Waals surface area contributed by atoms with Crippen molar-refractivity contribution in [2.75, 3.05) is 18.0 Å². The van der Waals surface area contributed by atoms with Crippen molar-refractivity contribution in [3.8, 4) is 0 Å². The van der Waals surface area contributed by atoms with Gasteiger partial charge < -0.3 is 10.2 Å². The Balaban J connectivity index is 2.08. The molecule has 3 heteroatoms. The second-order valence-corrected chi connectivity index (χ2v) is 6.17. The third kappa shape index (κ3) is 4.20. The summed E-state index contributed by atoms with van der Waals surface area (Å²) in [5.74, 6) is 0.586. The minimum Gasteiger partial charge on any atom is -0.366 e. The van der Waals surface area contributed by atoms with Crippen LogP contribution in [0, 0.1) is 11.7 Å². The molecule has 1 saturated carbocycles. The van der Waals surface area contributed by atoms with E-state index in [-0.39, 0.29) is 5.82 Å². The minimum atomic E-state index is -0.0731. The molecule has 2 rings (SSSR count). The van der Waals surface area contributed by atoms with Gasteiger partial charge >= 0.3 is 0 Å². The molecule has 1 N–H and O–H groups in total. The largest absolute Gasteiger partial charge is 0.366 e. The normalized spacial score (nSPS) is 14.8. The maximum Gasteiger partial charge on any atom is 0.146 e. The maximum atomic E-state index is 14.4. The topological polar surface area (TPSA) is 15.3 Å². The van der Waals surface area contributed by atoms with Crippen molar-refractivity contribution in [1.29, 1.82) is 0 Å². The van der Waals surface area contributed by atoms with Crippen LogP contribution < -0.4 is 10.2 Å². The van der Waals surface area contributed by atoms with Crippen LogP contribution >= 0.6 is 0 Å². The van der Waals surface area contributed by atoms with Gasteiger partial charge in [-0.25, -0.2) is 4.39 Å². The summed E-state index contributed by atoms with van der Waals surface area (Å²) in [6.45, 7) is 9.12. The van der Waals surface area contributed by atoms with Crippen LogP contribution in [0.3, 0.4) is 0 Å². The summed E-state index contributed by atoms with van der Waals surface area (Å²) in [6.07, 6.45) is 3.53. The lowest BCUT2D eigenvalue weighted by Crippen LogP contribution is -2.28. The van der Waals surface area contributed by atoms with Gasteiger partial charge in [0.15, 0.2) is 0 Å². The first-order chi connectivity index (χ1) is 9.61. The smallest absolute Gasteiger partial charge is 0.146 e. The van der Waals surface area contributed by atoms with Gasteiger partial charge in [0.05, 0.1) is 5.69 Å². The van der Waals surface area contributed by atoms with Crippen molar-refractivity contribution in [1.82, 2.24) is 5.32 Å². The van der Waals surface area contributed by atoms with Gasteiger partial charge in [-0.05, 0) is 49.4 Å². The van der Waals surface area contributed by atoms with E-state index >= 15 is 0 Å². The molecule has 0 atom stereocenters. The van der Waals surface area contributed by atoms with Crippen LogP contribution in [0.5, 0.6) is 0 Å². The molecule has 1 aliphatic rings. The molecule has 1 fully saturated rings. The fourth-order valence-electron chi connectivity index (χ4n) is 2.45. The van der Waals surface area contributed by atoms with E-state index in [1.165, 1.54) is 12.8 Å². The molecule has 0 bridgehead atoms. The summed E-state index contributed by atoms with van der Waals surface area (Å²) in [5.41, 5.74) is 1.81. The van der Waals surface area contributed by atoms with E-state index in [1.807, 2.05) is 12.1 Å². The van der Waals surface area contributed by atoms with E-state index in [4.69, 9.17) is 0 Å². The second kappa shape index (κ2) is 7.07. The standard InChI is InChI=1S/C17H27FN2/c1-4-19-12-14-5-8-17(16(18)11-14)20(15-6-7-15)10-9-13(2)3/h5,8,11,13,15,19H,4,6-7,9-10,12H2,1-3H3. The summed E-state index contributed by atoms with van der Waals surface area (Å²) in [7, 11) is 0. The Morgan fingerprint density at radius 1 is 1.35 bits per heavy atom. The highest BCUT2D eigenvalue weighted by Crippen LogP contribution is 2.33. The summed E-state index contributed by atoms with van der Waals surface area (Å²) in [5, 5.41) is 3.24. The van der Waals surface area contributed by atoms with Crippen LogP contribution in [-0.2, 0) is 6.54 Å². The second-order valence-electron chi connectivity index (χ2n) is 6.17. The number of nitrogens with one attached hydrogen (secondary N) is 1. The number of hydrogen-bond donors (Lipinski definition) is 1. The number of rotatable bonds is 8. The molecule has 0 aliphatic heterocycles. The van der Waals surface area contributed by atoms with E-state index < -0.39 is 0 Å². The first kappa shape index (κ1) is 15.3. The molecule has 112 valence electrons. The molecule has 0 radical (unpaired) electrons. The molecular formula is C17H27FN2. The van der Waals surface area contributed by atoms with Crippen LogP contribution in [0.25, 0.3) is 0 Å². The van der Waals surface area contributed by atoms with Gasteiger partial charge in [-0.2, -0.15) is 0 Å². The number of hydrogen-bond acceptors (Lipinski definition) is 2. The van der Waals surface area contributed by atoms with Crippen molar-refractivity contribution >= 4 is 5.69 Å². The van der Waals surface area contributed by atoms with Gasteiger partial charge in [-0.1, -0.05) is 26.8 Å². The van der Waals surface area contributed by atoms with Crippen molar-refractivity contribution in [2.45, 2.75) is 52.6 Å². The van der Waals surface area contributed by atoms with Gasteiger partial charge in [0, 0.05) is 19.1 Å². The van der Waals surface area contributed by atoms with Crippen molar-refractivity contribution in [3.63, 3.8) is 0 Å². The third-order valence-electron chi connectivity index (χ3n) is 3.84. The number of benzene rings is 1. The highest BCUT2D eigenvalue weighted by atomic mass is 19.1. The molecule has 20 heavy (non-hydrogen) atoms. The molecule has 1 aromatic carbocycles. The lowest BCUT2D eigenvalue weighted by Gasteiger charge is -2.26. The Labute approximate surface area is 122 Å². The Hall–Kier alpha value is -1.09. The molecule has 2 nitrogen and oxygen atoms in total. The molecule has 0 aromatic heterocycles. The van der Waals surface area contributed by atoms with Gasteiger partial charge in [-0.3, -0.25) is 0 Å². The molecule has 1 aliphatic carbocycles. The van der Waals surface area contributed by atoms with Gasteiger partial charge in [0.2, 0.25) is 0 Å². The van der Waals surface area contributed by atoms with Gasteiger partial charge in [-0.15, -0.1) is 0 Å². The molecule has 0 heterocycles. The number of nitrogens with zero attached hydrogens (tertiary/aromatic N) is 1. The Morgan fingerprint density at radius 2 is 2.10 bits per heavy atom. The summed E-state index contributed by atoms with van der Waals surface area (Å²) in [6, 6.07) is 6.25. The zero-order valence-electron chi connectivity index (χ0n) is 13.0. The van der Waals surface area contributed by atoms with E-state index in [2.05, 4.69) is 31.0 Å². The summed E-state index contributed by atoms with van der Waals surface area (Å²) >= 11 is 0. The van der Waals surface area contributed by atoms with Crippen LogP contribution in [0.4, 0.5) is 10.1 Å². The van der Waals surface area contributed by atoms with Gasteiger partial charge in [0.1, 0.15) is 5.82 Å². The zero-order chi connectivity index (χ0) is 14.5. The molecule has 1 aromatic rings. The first-order valence-corrected chi connectivity index (χ1v) is 7.87. The van der Waals surface area contributed by atoms with E-state index in [1.54, 1.807) is 6.07 Å². The first-order valence-electron chi connectivity index (χ1n) is 7.87. The fourth-order valence-corrected chi connectivity index (χ4v) is 2.45. The summed E-state index contributed by atoms with van der Waals surface area (Å²) < 4.78 is 14.4. The average molecular weight is 278 g/mol. The third-order valence-corrected chi connectivity index (χ3v) is 3.84. The summed E-state index contributed by atoms with van der Waals surface area (Å²) in [4.78, 5) is 2.27. The van der Waals surface area contributed by atoms with E-state index in [0.717, 1.165) is 37.3 Å². The van der Waals surface area contributed by atoms with Gasteiger partial charge in [0.25, 0.3) is 0 Å². The molecular weight excluding hydrogens is 251 g/mol. The Kier molecular flexibility index (Phi) is 5.41. The number of anilines is 1. The molecule has 0 unspecified atom stereocenters. The zero-order valence-corrected chi connectivity index (χ0v) is 13.0. The van der Waals surface area contributed by atoms with Crippen molar-refractivity contribution in [3.05, 3.63) is 29.6 Å². The predicted octanol–water partition coefficient (Wildman–Crippen LogP) is 3.95. The van der Waals surface area contributed by atoms with Crippen LogP contribution in [0.15, 0.2) is 18.2 Å². The fraction of sp³-hybridized carbons (Fsp3) is 0.647. The van der Waals surface area contributed by atoms with E-state index in [0.29, 0.717) is 12.0 Å². The minimum absolute atomic E-state index is 0.0731. The highest BCUT2D eigenvalue weighted by molar-refractivity contribution is 5.51. The van der Waals surface area contributed by atoms with Crippen molar-refractivity contribution in [2.24, 2.45) is 5.92 Å². The predicted molar refractivity (Wildman–Crippen MR) is 83.6 cm³/mol. The Bertz CT molecular complexity index is 427. The quantitative estimate of drug-likeness (QED) is 0.774. The van der Waals surface area contributed by atoms with Crippen molar-refractivity contribution < 1.29 is 4.39 Å². The Morgan fingerprint density at radius 3 is 2.65 bits per heavy atom. The SMILES string of the molecule is CCNCc1ccc(N(CCC(C)C)C2CC2)c(F)c1. The molecule has 0 saturated heterocycles. The van der Waals surface area contributed by atoms with Crippen LogP contribution in [-0.4, -0.2) is 19.1 Å². The maximum absolute atomic E-state index is 14.4. The lowest BCUT2D eigenvalue weighted by atomic mass is 10.1.